The summed E-state index contributed by atoms with van der Waals surface area (Å²) >= 11 is 0. The van der Waals surface area contributed by atoms with Gasteiger partial charge in [0.25, 0.3) is 0 Å². The van der Waals surface area contributed by atoms with E-state index in [1.165, 1.54) is 5.56 Å². The van der Waals surface area contributed by atoms with Gasteiger partial charge in [-0.2, -0.15) is 0 Å². The van der Waals surface area contributed by atoms with Gasteiger partial charge in [-0.15, -0.1) is 0 Å². The van der Waals surface area contributed by atoms with Crippen molar-refractivity contribution in [2.75, 3.05) is 18.4 Å². The molecule has 2 aliphatic rings. The summed E-state index contributed by atoms with van der Waals surface area (Å²) in [5.74, 6) is -0.668. The molecule has 3 rings (SSSR count). The van der Waals surface area contributed by atoms with Crippen LogP contribution < -0.4 is 5.32 Å². The predicted molar refractivity (Wildman–Crippen MR) is 93.1 cm³/mol. The summed E-state index contributed by atoms with van der Waals surface area (Å²) in [6.45, 7) is 7.30. The van der Waals surface area contributed by atoms with Gasteiger partial charge in [0.15, 0.2) is 0 Å². The van der Waals surface area contributed by atoms with Gasteiger partial charge in [0.1, 0.15) is 0 Å². The maximum absolute atomic E-state index is 12.5. The lowest BCUT2D eigenvalue weighted by Gasteiger charge is -2.23. The smallest absolute Gasteiger partial charge is 0.321 e. The zero-order chi connectivity index (χ0) is 17.5. The number of carbonyl (C=O) groups excluding carboxylic acids is 1. The van der Waals surface area contributed by atoms with Crippen LogP contribution in [0.3, 0.4) is 0 Å². The maximum Gasteiger partial charge on any atom is 0.321 e. The van der Waals surface area contributed by atoms with Crippen LogP contribution in [-0.4, -0.2) is 35.1 Å². The number of amides is 2. The van der Waals surface area contributed by atoms with Crippen LogP contribution in [0.15, 0.2) is 24.3 Å². The lowest BCUT2D eigenvalue weighted by molar-refractivity contribution is -0.149. The van der Waals surface area contributed by atoms with Crippen LogP contribution in [0.2, 0.25) is 0 Å². The molecule has 24 heavy (non-hydrogen) atoms. The molecule has 5 heteroatoms. The van der Waals surface area contributed by atoms with Gasteiger partial charge in [0.05, 0.1) is 5.41 Å². The highest BCUT2D eigenvalue weighted by molar-refractivity contribution is 5.90. The first kappa shape index (κ1) is 16.8. The lowest BCUT2D eigenvalue weighted by Crippen LogP contribution is -2.38. The summed E-state index contributed by atoms with van der Waals surface area (Å²) in [5.41, 5.74) is 1.30. The normalized spacial score (nSPS) is 26.3. The van der Waals surface area contributed by atoms with Crippen molar-refractivity contribution >= 4 is 17.7 Å². The van der Waals surface area contributed by atoms with E-state index in [1.54, 1.807) is 4.90 Å². The fourth-order valence-electron chi connectivity index (χ4n) is 4.05. The number of nitrogens with one attached hydrogen (secondary N) is 1. The predicted octanol–water partition coefficient (Wildman–Crippen LogP) is 3.70. The molecule has 2 N–H and O–H groups in total. The van der Waals surface area contributed by atoms with E-state index < -0.39 is 11.4 Å². The number of likely N-dealkylation sites (tertiary alicyclic amines) is 1. The standard InChI is InChI=1S/C19H26N2O3/c1-18(2,3)13-6-8-15(9-7-13)20-17(24)21-11-14-5-4-10-19(14,12-21)16(22)23/h6-9,14H,4-5,10-12H2,1-3H3,(H,20,24)(H,22,23)/t14-,19+/m0/s1. The molecule has 0 spiro atoms. The van der Waals surface area contributed by atoms with Gasteiger partial charge >= 0.3 is 12.0 Å². The monoisotopic (exact) mass is 330 g/mol. The van der Waals surface area contributed by atoms with Crippen molar-refractivity contribution in [2.24, 2.45) is 11.3 Å². The Morgan fingerprint density at radius 3 is 2.46 bits per heavy atom. The van der Waals surface area contributed by atoms with Crippen LogP contribution in [0, 0.1) is 11.3 Å². The Morgan fingerprint density at radius 2 is 1.92 bits per heavy atom. The zero-order valence-corrected chi connectivity index (χ0v) is 14.6. The fraction of sp³-hybridized carbons (Fsp3) is 0.579. The van der Waals surface area contributed by atoms with Crippen LogP contribution in [0.1, 0.15) is 45.6 Å². The number of carboxylic acid groups (broad SMARTS) is 1. The zero-order valence-electron chi connectivity index (χ0n) is 14.6. The average Bonchev–Trinajstić information content (AvgIpc) is 3.04. The first-order valence-electron chi connectivity index (χ1n) is 8.62. The minimum absolute atomic E-state index is 0.0722. The number of hydrogen-bond donors (Lipinski definition) is 2. The third-order valence-corrected chi connectivity index (χ3v) is 5.59. The van der Waals surface area contributed by atoms with E-state index in [0.29, 0.717) is 19.5 Å². The van der Waals surface area contributed by atoms with Gasteiger partial charge in [-0.25, -0.2) is 4.79 Å². The Kier molecular flexibility index (Phi) is 4.06. The van der Waals surface area contributed by atoms with Gasteiger partial charge in [0.2, 0.25) is 0 Å². The van der Waals surface area contributed by atoms with Crippen LogP contribution in [0.4, 0.5) is 10.5 Å². The summed E-state index contributed by atoms with van der Waals surface area (Å²) in [5, 5.41) is 12.5. The molecule has 0 aromatic heterocycles. The second-order valence-electron chi connectivity index (χ2n) is 8.19. The molecule has 1 heterocycles. The van der Waals surface area contributed by atoms with Crippen molar-refractivity contribution in [3.63, 3.8) is 0 Å². The molecule has 130 valence electrons. The van der Waals surface area contributed by atoms with Crippen LogP contribution in [0.5, 0.6) is 0 Å². The van der Waals surface area contributed by atoms with Crippen molar-refractivity contribution < 1.29 is 14.7 Å². The Bertz CT molecular complexity index is 648. The second-order valence-corrected chi connectivity index (χ2v) is 8.19. The molecule has 1 aromatic rings. The highest BCUT2D eigenvalue weighted by Gasteiger charge is 2.55. The number of rotatable bonds is 2. The number of urea groups is 1. The van der Waals surface area contributed by atoms with Crippen molar-refractivity contribution in [3.8, 4) is 0 Å². The Labute approximate surface area is 143 Å². The number of hydrogen-bond acceptors (Lipinski definition) is 2. The molecule has 1 aliphatic heterocycles. The summed E-state index contributed by atoms with van der Waals surface area (Å²) in [4.78, 5) is 25.9. The van der Waals surface area contributed by atoms with E-state index in [9.17, 15) is 14.7 Å². The van der Waals surface area contributed by atoms with Gasteiger partial charge in [-0.05, 0) is 41.9 Å². The molecule has 5 nitrogen and oxygen atoms in total. The molecule has 0 radical (unpaired) electrons. The van der Waals surface area contributed by atoms with Gasteiger partial charge in [0, 0.05) is 18.8 Å². The van der Waals surface area contributed by atoms with E-state index >= 15 is 0 Å². The molecule has 2 atom stereocenters. The van der Waals surface area contributed by atoms with E-state index in [-0.39, 0.29) is 17.4 Å². The third kappa shape index (κ3) is 2.87. The first-order valence-corrected chi connectivity index (χ1v) is 8.62. The molecular weight excluding hydrogens is 304 g/mol. The largest absolute Gasteiger partial charge is 0.481 e. The SMILES string of the molecule is CC(C)(C)c1ccc(NC(=O)N2C[C@@H]3CCC[C@@]3(C(=O)O)C2)cc1. The highest BCUT2D eigenvalue weighted by Crippen LogP contribution is 2.48. The van der Waals surface area contributed by atoms with E-state index in [1.807, 2.05) is 24.3 Å². The first-order chi connectivity index (χ1) is 11.2. The third-order valence-electron chi connectivity index (χ3n) is 5.59. The van der Waals surface area contributed by atoms with Gasteiger partial charge in [-0.1, -0.05) is 39.3 Å². The molecule has 1 aromatic carbocycles. The molecule has 1 aliphatic carbocycles. The van der Waals surface area contributed by atoms with Gasteiger partial charge < -0.3 is 15.3 Å². The van der Waals surface area contributed by atoms with Gasteiger partial charge in [-0.3, -0.25) is 4.79 Å². The van der Waals surface area contributed by atoms with Crippen molar-refractivity contribution in [1.29, 1.82) is 0 Å². The summed E-state index contributed by atoms with van der Waals surface area (Å²) < 4.78 is 0. The minimum Gasteiger partial charge on any atom is -0.481 e. The number of nitrogens with zero attached hydrogens (tertiary/aromatic N) is 1. The number of carbonyl (C=O) groups is 2. The van der Waals surface area contributed by atoms with Crippen molar-refractivity contribution in [3.05, 3.63) is 29.8 Å². The summed E-state index contributed by atoms with van der Waals surface area (Å²) in [6, 6.07) is 7.65. The number of anilines is 1. The summed E-state index contributed by atoms with van der Waals surface area (Å²) in [6.07, 6.45) is 2.52. The molecule has 2 amide bonds. The highest BCUT2D eigenvalue weighted by atomic mass is 16.4. The van der Waals surface area contributed by atoms with E-state index in [4.69, 9.17) is 0 Å². The van der Waals surface area contributed by atoms with Crippen molar-refractivity contribution in [2.45, 2.75) is 45.4 Å². The average molecular weight is 330 g/mol. The fourth-order valence-corrected chi connectivity index (χ4v) is 4.05. The van der Waals surface area contributed by atoms with Crippen molar-refractivity contribution in [1.82, 2.24) is 4.90 Å². The number of benzene rings is 1. The second kappa shape index (κ2) is 5.80. The van der Waals surface area contributed by atoms with Crippen LogP contribution >= 0.6 is 0 Å². The van der Waals surface area contributed by atoms with Crippen LogP contribution in [-0.2, 0) is 10.2 Å². The minimum atomic E-state index is -0.755. The molecule has 1 saturated heterocycles. The Balaban J connectivity index is 1.67. The molecule has 1 saturated carbocycles. The molecule has 0 unspecified atom stereocenters. The van der Waals surface area contributed by atoms with E-state index in [2.05, 4.69) is 26.1 Å². The lowest BCUT2D eigenvalue weighted by atomic mass is 9.81. The number of carboxylic acids is 1. The maximum atomic E-state index is 12.5. The molecule has 0 bridgehead atoms. The number of aliphatic carboxylic acids is 1. The molecule has 2 fully saturated rings. The number of fused-ring (bicyclic) bond motifs is 1. The van der Waals surface area contributed by atoms with Crippen LogP contribution in [0.25, 0.3) is 0 Å². The quantitative estimate of drug-likeness (QED) is 0.868. The summed E-state index contributed by atoms with van der Waals surface area (Å²) in [7, 11) is 0. The van der Waals surface area contributed by atoms with E-state index in [0.717, 1.165) is 18.5 Å². The molecular formula is C19H26N2O3. The Hall–Kier alpha value is -2.04. The Morgan fingerprint density at radius 1 is 1.25 bits per heavy atom. The topological polar surface area (TPSA) is 69.6 Å².